The smallest absolute Gasteiger partial charge is 0.222 e. The van der Waals surface area contributed by atoms with Crippen molar-refractivity contribution in [1.82, 2.24) is 4.90 Å². The van der Waals surface area contributed by atoms with Gasteiger partial charge in [0.2, 0.25) is 5.91 Å². The number of aliphatic hydroxyl groups excluding tert-OH is 10. The van der Waals surface area contributed by atoms with Crippen LogP contribution in [0.15, 0.2) is 0 Å². The van der Waals surface area contributed by atoms with E-state index in [4.69, 9.17) is 42.6 Å². The van der Waals surface area contributed by atoms with Gasteiger partial charge in [-0.2, -0.15) is 0 Å². The fourth-order valence-corrected chi connectivity index (χ4v) is 15.0. The van der Waals surface area contributed by atoms with Crippen LogP contribution in [0.5, 0.6) is 0 Å². The molecule has 15 unspecified atom stereocenters. The number of unbranched alkanes of at least 4 members (excludes halogenated alkanes) is 14. The highest BCUT2D eigenvalue weighted by molar-refractivity contribution is 5.81. The van der Waals surface area contributed by atoms with E-state index in [1.54, 1.807) is 20.8 Å². The lowest BCUT2D eigenvalue weighted by Gasteiger charge is -2.40. The van der Waals surface area contributed by atoms with Gasteiger partial charge in [0.25, 0.3) is 0 Å². The number of hydrogen-bond acceptors (Lipinski definition) is 27. The molecule has 0 aromatic rings. The highest BCUT2D eigenvalue weighted by atomic mass is 16.7. The van der Waals surface area contributed by atoms with E-state index in [1.807, 2.05) is 4.90 Å². The predicted octanol–water partition coefficient (Wildman–Crippen LogP) is 8.11. The molecule has 4 heterocycles. The van der Waals surface area contributed by atoms with Crippen molar-refractivity contribution in [2.45, 2.75) is 378 Å². The number of aliphatic hydroxyl groups is 10. The summed E-state index contributed by atoms with van der Waals surface area (Å²) in [4.78, 5) is 107. The van der Waals surface area contributed by atoms with Crippen molar-refractivity contribution in [2.24, 2.45) is 28.6 Å². The van der Waals surface area contributed by atoms with E-state index < -0.39 is 123 Å². The first kappa shape index (κ1) is 102. The number of Topliss-reactive ketones (excluding diaryl/α,β-unsaturated/α-hetero) is 7. The molecule has 0 aliphatic carbocycles. The van der Waals surface area contributed by atoms with Gasteiger partial charge >= 0.3 is 0 Å². The Balaban J connectivity index is 1.28. The van der Waals surface area contributed by atoms with Crippen molar-refractivity contribution in [3.05, 3.63) is 0 Å². The number of amides is 1. The monoisotopic (exact) mass is 1620 g/mol. The summed E-state index contributed by atoms with van der Waals surface area (Å²) < 4.78 is 53.0. The molecule has 28 nitrogen and oxygen atoms in total. The summed E-state index contributed by atoms with van der Waals surface area (Å²) >= 11 is 0. The lowest BCUT2D eigenvalue weighted by Crippen LogP contribution is -2.55. The molecular formula is C85H149NO27. The third-order valence-corrected chi connectivity index (χ3v) is 22.6. The van der Waals surface area contributed by atoms with E-state index in [0.29, 0.717) is 180 Å². The van der Waals surface area contributed by atoms with E-state index >= 15 is 0 Å². The maximum Gasteiger partial charge on any atom is 0.222 e. The average molecular weight is 1620 g/mol. The second kappa shape index (κ2) is 57.5. The summed E-state index contributed by atoms with van der Waals surface area (Å²) in [5, 5.41) is 100. The Bertz CT molecular complexity index is 2440. The van der Waals surface area contributed by atoms with Crippen LogP contribution in [-0.2, 0) is 81.0 Å². The zero-order valence-electron chi connectivity index (χ0n) is 69.4. The van der Waals surface area contributed by atoms with Gasteiger partial charge in [-0.3, -0.25) is 38.4 Å². The Kier molecular flexibility index (Phi) is 51.8. The van der Waals surface area contributed by atoms with Crippen LogP contribution in [0.3, 0.4) is 0 Å². The van der Waals surface area contributed by atoms with Gasteiger partial charge in [0.15, 0.2) is 18.9 Å². The van der Waals surface area contributed by atoms with Crippen LogP contribution in [0.4, 0.5) is 0 Å². The number of hydrogen-bond donors (Lipinski definition) is 10. The van der Waals surface area contributed by atoms with E-state index in [2.05, 4.69) is 20.8 Å². The number of β-amino-alcohol motifs (C(OH)–C–C–N with tert-alkyl or cyclic N) is 1. The molecule has 17 atom stereocenters. The van der Waals surface area contributed by atoms with Crippen LogP contribution in [0.1, 0.15) is 292 Å². The van der Waals surface area contributed by atoms with Crippen LogP contribution >= 0.6 is 0 Å². The van der Waals surface area contributed by atoms with Crippen LogP contribution in [0.25, 0.3) is 0 Å². The average Bonchev–Trinajstić information content (AvgIpc) is 1.53. The fourth-order valence-electron chi connectivity index (χ4n) is 15.0. The van der Waals surface area contributed by atoms with Crippen molar-refractivity contribution in [3.8, 4) is 0 Å². The molecule has 0 bridgehead atoms. The van der Waals surface area contributed by atoms with Gasteiger partial charge in [-0.1, -0.05) is 86.5 Å². The Morgan fingerprint density at radius 2 is 0.628 bits per heavy atom. The molecule has 28 heteroatoms. The predicted molar refractivity (Wildman–Crippen MR) is 420 cm³/mol. The molecule has 0 saturated carbocycles. The molecular weight excluding hydrogens is 1470 g/mol. The van der Waals surface area contributed by atoms with Crippen molar-refractivity contribution >= 4 is 46.4 Å². The van der Waals surface area contributed by atoms with Crippen LogP contribution in [-0.4, -0.2) is 274 Å². The molecule has 113 heavy (non-hydrogen) atoms. The minimum atomic E-state index is -1.22. The summed E-state index contributed by atoms with van der Waals surface area (Å²) in [6.45, 7) is 11.6. The van der Waals surface area contributed by atoms with Gasteiger partial charge in [0.05, 0.1) is 83.9 Å². The topological polar surface area (TPSA) is 425 Å². The highest BCUT2D eigenvalue weighted by Gasteiger charge is 2.45. The van der Waals surface area contributed by atoms with Gasteiger partial charge in [0.1, 0.15) is 77.1 Å². The lowest BCUT2D eigenvalue weighted by molar-refractivity contribution is -0.282. The zero-order valence-corrected chi connectivity index (χ0v) is 69.4. The second-order valence-corrected chi connectivity index (χ2v) is 34.0. The number of nitrogens with zero attached hydrogens (tertiary/aromatic N) is 1. The normalized spacial score (nSPS) is 26.7. The van der Waals surface area contributed by atoms with E-state index in [-0.39, 0.29) is 149 Å². The molecule has 0 aromatic heterocycles. The third kappa shape index (κ3) is 41.3. The zero-order chi connectivity index (χ0) is 83.1. The molecule has 4 rings (SSSR count). The largest absolute Gasteiger partial charge is 0.394 e. The first-order valence-corrected chi connectivity index (χ1v) is 43.1. The summed E-state index contributed by atoms with van der Waals surface area (Å²) in [7, 11) is 0. The van der Waals surface area contributed by atoms with Gasteiger partial charge < -0.3 is 98.6 Å². The minimum Gasteiger partial charge on any atom is -0.394 e. The van der Waals surface area contributed by atoms with Crippen LogP contribution in [0.2, 0.25) is 0 Å². The molecule has 0 spiro atoms. The molecule has 0 aromatic carbocycles. The molecule has 4 aliphatic rings. The Morgan fingerprint density at radius 3 is 0.938 bits per heavy atom. The Morgan fingerprint density at radius 1 is 0.354 bits per heavy atom. The second-order valence-electron chi connectivity index (χ2n) is 34.0. The summed E-state index contributed by atoms with van der Waals surface area (Å²) in [5.74, 6) is -1.22. The quantitative estimate of drug-likeness (QED) is 0.0257. The van der Waals surface area contributed by atoms with E-state index in [1.165, 1.54) is 0 Å². The maximum atomic E-state index is 14.2. The summed E-state index contributed by atoms with van der Waals surface area (Å²) in [5.41, 5.74) is -0.926. The van der Waals surface area contributed by atoms with Gasteiger partial charge in [-0.25, -0.2) is 0 Å². The number of ketones is 7. The van der Waals surface area contributed by atoms with Crippen molar-refractivity contribution in [2.75, 3.05) is 85.8 Å². The van der Waals surface area contributed by atoms with E-state index in [9.17, 15) is 89.4 Å². The molecule has 656 valence electrons. The van der Waals surface area contributed by atoms with E-state index in [0.717, 1.165) is 44.9 Å². The van der Waals surface area contributed by atoms with Gasteiger partial charge in [0, 0.05) is 152 Å². The van der Waals surface area contributed by atoms with Crippen molar-refractivity contribution < 1.29 is 132 Å². The highest BCUT2D eigenvalue weighted by Crippen LogP contribution is 2.33. The first-order valence-electron chi connectivity index (χ1n) is 43.1. The summed E-state index contributed by atoms with van der Waals surface area (Å²) in [6.07, 6.45) is 7.87. The molecule has 4 saturated heterocycles. The molecule has 0 radical (unpaired) electrons. The number of rotatable bonds is 67. The Labute approximate surface area is 672 Å². The minimum absolute atomic E-state index is 0.00423. The third-order valence-electron chi connectivity index (χ3n) is 22.6. The Hall–Kier alpha value is -3.60. The van der Waals surface area contributed by atoms with Crippen LogP contribution < -0.4 is 0 Å². The SMILES string of the molecule is CC1C(OCCCCC(=O)CCCCCC(=O)CCOCC(COCCC(=O)CCCCCC(=O)CCCCOC2OC(CO)C(O)C(O)C2C)(COCCC(=O)CCCCCC(=O)CCCCOC2OC(CO)C(O)C(O)C2C)CC(=O)CCCCCCCCC(=O)N2C[C@H](O)C[C@H]2CCC(C)(C)C)OC(CO)C(O)C1O. The standard InChI is InChI=1S/C85H149NO27/c1-59-75(99)78(102)71(53-87)111-81(59)108-44-25-22-34-63(90)28-15-11-18-31-66(93)40-47-105-56-85(51-69(96)37-14-9-7-8-10-21-38-74(98)86-52-70(97)50-62(86)39-43-84(4,5)6,57-106-48-41-67(94)32-19-12-16-29-64(91)35-23-26-45-109-82-60(2)76(100)79(103)72(54-88)112-82)58-107-49-42-68(95)33-20-13-17-30-65(92)36-24-27-46-110-83-61(3)77(101)80(104)73(55-89)113-83/h59-62,70-73,75-83,87-89,97,99-104H,7-58H2,1-6H3/t59?,60?,61?,62-,70-,71?,72?,73?,75?,76?,77?,78?,79?,80?,81?,82?,83?,85?/m1/s1. The van der Waals surface area contributed by atoms with Gasteiger partial charge in [-0.05, 0) is 115 Å². The fraction of sp³-hybridized carbons (Fsp3) is 0.906. The van der Waals surface area contributed by atoms with Crippen LogP contribution in [0, 0.1) is 28.6 Å². The van der Waals surface area contributed by atoms with Gasteiger partial charge in [-0.15, -0.1) is 0 Å². The van der Waals surface area contributed by atoms with Crippen molar-refractivity contribution in [1.29, 1.82) is 0 Å². The van der Waals surface area contributed by atoms with Crippen molar-refractivity contribution in [3.63, 3.8) is 0 Å². The summed E-state index contributed by atoms with van der Waals surface area (Å²) in [6, 6.07) is 0.0578. The number of ether oxygens (including phenoxy) is 9. The molecule has 4 aliphatic heterocycles. The molecule has 10 N–H and O–H groups in total. The molecule has 4 fully saturated rings. The molecule has 1 amide bonds. The lowest BCUT2D eigenvalue weighted by atomic mass is 9.83. The first-order chi connectivity index (χ1) is 54.0. The number of carbonyl (C=O) groups is 8. The number of likely N-dealkylation sites (tertiary alicyclic amines) is 1. The maximum absolute atomic E-state index is 14.2. The number of carbonyl (C=O) groups excluding carboxylic acids is 8.